The number of ether oxygens (including phenoxy) is 1. The zero-order valence-corrected chi connectivity index (χ0v) is 16.9. The minimum atomic E-state index is -4.08. The summed E-state index contributed by atoms with van der Waals surface area (Å²) in [7, 11) is -2.64. The Kier molecular flexibility index (Phi) is 4.96. The number of hydrogen-bond donors (Lipinski definition) is 1. The van der Waals surface area contributed by atoms with Gasteiger partial charge < -0.3 is 9.15 Å². The molecule has 1 N–H and O–H groups in total. The Labute approximate surface area is 172 Å². The number of hydrogen-bond acceptors (Lipinski definition) is 7. The lowest BCUT2D eigenvalue weighted by Crippen LogP contribution is -2.16. The first-order chi connectivity index (χ1) is 14.4. The molecule has 0 unspecified atom stereocenters. The molecule has 2 aromatic carbocycles. The zero-order valence-electron chi connectivity index (χ0n) is 16.1. The van der Waals surface area contributed by atoms with Gasteiger partial charge >= 0.3 is 0 Å². The van der Waals surface area contributed by atoms with Gasteiger partial charge in [0.1, 0.15) is 11.3 Å². The van der Waals surface area contributed by atoms with Gasteiger partial charge in [-0.1, -0.05) is 6.07 Å². The van der Waals surface area contributed by atoms with Crippen molar-refractivity contribution >= 4 is 32.6 Å². The second-order valence-electron chi connectivity index (χ2n) is 6.43. The lowest BCUT2D eigenvalue weighted by molar-refractivity contribution is 0.101. The third-order valence-electron chi connectivity index (χ3n) is 4.45. The molecular formula is C21H17N3O5S. The summed E-state index contributed by atoms with van der Waals surface area (Å²) < 4.78 is 39.5. The maximum absolute atomic E-state index is 13.1. The van der Waals surface area contributed by atoms with Crippen molar-refractivity contribution in [1.29, 1.82) is 0 Å². The predicted octanol–water partition coefficient (Wildman–Crippen LogP) is 3.90. The molecule has 30 heavy (non-hydrogen) atoms. The Hall–Kier alpha value is -3.72. The van der Waals surface area contributed by atoms with E-state index in [0.717, 1.165) is 0 Å². The third-order valence-corrected chi connectivity index (χ3v) is 5.87. The number of carbonyl (C=O) groups excluding carboxylic acids is 1. The van der Waals surface area contributed by atoms with Crippen molar-refractivity contribution in [2.24, 2.45) is 0 Å². The van der Waals surface area contributed by atoms with Crippen molar-refractivity contribution in [2.75, 3.05) is 11.8 Å². The molecule has 0 spiro atoms. The maximum Gasteiger partial charge on any atom is 0.262 e. The van der Waals surface area contributed by atoms with Crippen molar-refractivity contribution in [3.63, 3.8) is 0 Å². The fourth-order valence-electron chi connectivity index (χ4n) is 2.99. The summed E-state index contributed by atoms with van der Waals surface area (Å²) in [6, 6.07) is 12.6. The zero-order chi connectivity index (χ0) is 21.3. The van der Waals surface area contributed by atoms with Gasteiger partial charge in [0.2, 0.25) is 5.89 Å². The highest BCUT2D eigenvalue weighted by Gasteiger charge is 2.23. The molecule has 0 fully saturated rings. The number of ketones is 1. The highest BCUT2D eigenvalue weighted by atomic mass is 32.2. The van der Waals surface area contributed by atoms with Crippen LogP contribution in [0, 0.1) is 0 Å². The standard InChI is InChI=1S/C21H17N3O5S/c1-13(25)16-12-15(28-2)6-7-19(16)30(26,27)24-17-4-3-5-18-20(17)23-21(29-18)14-8-10-22-11-9-14/h3-12,24H,1-2H3. The van der Waals surface area contributed by atoms with Gasteiger partial charge in [-0.05, 0) is 49.4 Å². The second kappa shape index (κ2) is 7.60. The largest absolute Gasteiger partial charge is 0.497 e. The van der Waals surface area contributed by atoms with Crippen LogP contribution >= 0.6 is 0 Å². The first kappa shape index (κ1) is 19.6. The third kappa shape index (κ3) is 3.62. The van der Waals surface area contributed by atoms with Crippen LogP contribution in [0.2, 0.25) is 0 Å². The van der Waals surface area contributed by atoms with Crippen LogP contribution in [0.15, 0.2) is 70.2 Å². The van der Waals surface area contributed by atoms with Gasteiger partial charge in [0, 0.05) is 23.5 Å². The number of methoxy groups -OCH3 is 1. The van der Waals surface area contributed by atoms with Crippen LogP contribution in [-0.2, 0) is 10.0 Å². The number of sulfonamides is 1. The quantitative estimate of drug-likeness (QED) is 0.468. The molecule has 0 radical (unpaired) electrons. The molecule has 9 heteroatoms. The number of benzene rings is 2. The van der Waals surface area contributed by atoms with Crippen LogP contribution in [0.3, 0.4) is 0 Å². The van der Waals surface area contributed by atoms with E-state index in [-0.39, 0.29) is 16.1 Å². The number of fused-ring (bicyclic) bond motifs is 1. The number of anilines is 1. The molecule has 2 heterocycles. The fraction of sp³-hybridized carbons (Fsp3) is 0.0952. The van der Waals surface area contributed by atoms with Gasteiger partial charge in [0.15, 0.2) is 11.4 Å². The molecule has 4 rings (SSSR count). The number of aromatic nitrogens is 2. The molecule has 0 saturated heterocycles. The van der Waals surface area contributed by atoms with Gasteiger partial charge in [0.05, 0.1) is 17.7 Å². The molecule has 0 amide bonds. The SMILES string of the molecule is COc1ccc(S(=O)(=O)Nc2cccc3oc(-c4ccncc4)nc23)c(C(C)=O)c1. The van der Waals surface area contributed by atoms with Crippen LogP contribution in [0.25, 0.3) is 22.6 Å². The smallest absolute Gasteiger partial charge is 0.262 e. The van der Waals surface area contributed by atoms with Gasteiger partial charge in [-0.3, -0.25) is 14.5 Å². The summed E-state index contributed by atoms with van der Waals surface area (Å²) in [6.45, 7) is 1.30. The summed E-state index contributed by atoms with van der Waals surface area (Å²) in [5.41, 5.74) is 1.76. The summed E-state index contributed by atoms with van der Waals surface area (Å²) in [5, 5.41) is 0. The molecular weight excluding hydrogens is 406 g/mol. The normalized spacial score (nSPS) is 11.4. The number of carbonyl (C=O) groups is 1. The van der Waals surface area contributed by atoms with E-state index < -0.39 is 15.8 Å². The van der Waals surface area contributed by atoms with Gasteiger partial charge in [0.25, 0.3) is 10.0 Å². The molecule has 0 aliphatic heterocycles. The molecule has 0 saturated carbocycles. The van der Waals surface area contributed by atoms with E-state index >= 15 is 0 Å². The van der Waals surface area contributed by atoms with Crippen LogP contribution in [0.4, 0.5) is 5.69 Å². The molecule has 0 bridgehead atoms. The van der Waals surface area contributed by atoms with E-state index in [1.165, 1.54) is 32.2 Å². The first-order valence-corrected chi connectivity index (χ1v) is 10.4. The van der Waals surface area contributed by atoms with Crippen LogP contribution in [0.1, 0.15) is 17.3 Å². The lowest BCUT2D eigenvalue weighted by Gasteiger charge is -2.12. The number of rotatable bonds is 6. The summed E-state index contributed by atoms with van der Waals surface area (Å²) in [6.07, 6.45) is 3.22. The first-order valence-electron chi connectivity index (χ1n) is 8.91. The Balaban J connectivity index is 1.77. The van der Waals surface area contributed by atoms with Crippen molar-refractivity contribution in [1.82, 2.24) is 9.97 Å². The highest BCUT2D eigenvalue weighted by molar-refractivity contribution is 7.92. The van der Waals surface area contributed by atoms with Gasteiger partial charge in [-0.25, -0.2) is 13.4 Å². The minimum Gasteiger partial charge on any atom is -0.497 e. The number of nitrogens with one attached hydrogen (secondary N) is 1. The van der Waals surface area contributed by atoms with Crippen molar-refractivity contribution < 1.29 is 22.4 Å². The number of Topliss-reactive ketones (excluding diaryl/α,β-unsaturated/α-hetero) is 1. The van der Waals surface area contributed by atoms with Crippen molar-refractivity contribution in [3.8, 4) is 17.2 Å². The number of pyridine rings is 1. The van der Waals surface area contributed by atoms with E-state index in [2.05, 4.69) is 14.7 Å². The predicted molar refractivity (Wildman–Crippen MR) is 111 cm³/mol. The van der Waals surface area contributed by atoms with E-state index in [1.807, 2.05) is 0 Å². The molecule has 0 aliphatic carbocycles. The minimum absolute atomic E-state index is 0.0339. The molecule has 2 aromatic heterocycles. The van der Waals surface area contributed by atoms with E-state index in [1.54, 1.807) is 42.7 Å². The van der Waals surface area contributed by atoms with Crippen LogP contribution in [-0.4, -0.2) is 31.3 Å². The summed E-state index contributed by atoms with van der Waals surface area (Å²) in [5.74, 6) is 0.335. The summed E-state index contributed by atoms with van der Waals surface area (Å²) in [4.78, 5) is 20.3. The van der Waals surface area contributed by atoms with Gasteiger partial charge in [-0.2, -0.15) is 0 Å². The molecule has 0 atom stereocenters. The Bertz CT molecular complexity index is 1350. The molecule has 8 nitrogen and oxygen atoms in total. The monoisotopic (exact) mass is 423 g/mol. The van der Waals surface area contributed by atoms with Crippen LogP contribution in [0.5, 0.6) is 5.75 Å². The Morgan fingerprint density at radius 1 is 1.10 bits per heavy atom. The average molecular weight is 423 g/mol. The van der Waals surface area contributed by atoms with Crippen molar-refractivity contribution in [2.45, 2.75) is 11.8 Å². The number of para-hydroxylation sites is 1. The Morgan fingerprint density at radius 2 is 1.87 bits per heavy atom. The van der Waals surface area contributed by atoms with Crippen LogP contribution < -0.4 is 9.46 Å². The summed E-state index contributed by atoms with van der Waals surface area (Å²) >= 11 is 0. The lowest BCUT2D eigenvalue weighted by atomic mass is 10.1. The number of oxazole rings is 1. The van der Waals surface area contributed by atoms with E-state index in [4.69, 9.17) is 9.15 Å². The molecule has 4 aromatic rings. The maximum atomic E-state index is 13.1. The fourth-order valence-corrected chi connectivity index (χ4v) is 4.30. The molecule has 0 aliphatic rings. The van der Waals surface area contributed by atoms with Gasteiger partial charge in [-0.15, -0.1) is 0 Å². The van der Waals surface area contributed by atoms with E-state index in [9.17, 15) is 13.2 Å². The average Bonchev–Trinajstić information content (AvgIpc) is 3.19. The topological polar surface area (TPSA) is 111 Å². The number of nitrogens with zero attached hydrogens (tertiary/aromatic N) is 2. The highest BCUT2D eigenvalue weighted by Crippen LogP contribution is 2.31. The Morgan fingerprint density at radius 3 is 2.57 bits per heavy atom. The van der Waals surface area contributed by atoms with E-state index in [0.29, 0.717) is 28.3 Å². The molecule has 152 valence electrons. The second-order valence-corrected chi connectivity index (χ2v) is 8.08. The van der Waals surface area contributed by atoms with Crippen molar-refractivity contribution in [3.05, 3.63) is 66.5 Å².